The maximum Gasteiger partial charge on any atom is 0.173 e. The standard InChI is InChI=1S/C11H22N2O4/c12-6-7-9(14)10(15)8(11(16)17-7)13-4-2-1-3-5-13/h7-11,14-16H,1-6,12H2/t7-,8-,9+,10-,11?/m1/s1. The van der Waals surface area contributed by atoms with Crippen molar-refractivity contribution in [1.29, 1.82) is 0 Å². The normalized spacial score (nSPS) is 44.8. The number of aliphatic hydroxyl groups is 3. The number of nitrogens with zero attached hydrogens (tertiary/aromatic N) is 1. The molecule has 0 bridgehead atoms. The smallest absolute Gasteiger partial charge is 0.173 e. The Labute approximate surface area is 101 Å². The highest BCUT2D eigenvalue weighted by Crippen LogP contribution is 2.25. The third kappa shape index (κ3) is 2.62. The molecule has 2 aliphatic heterocycles. The molecule has 0 spiro atoms. The van der Waals surface area contributed by atoms with E-state index in [-0.39, 0.29) is 6.54 Å². The third-order valence-electron chi connectivity index (χ3n) is 3.73. The maximum absolute atomic E-state index is 10.1. The average Bonchev–Trinajstić information content (AvgIpc) is 2.35. The summed E-state index contributed by atoms with van der Waals surface area (Å²) in [5.74, 6) is 0. The number of aliphatic hydroxyl groups excluding tert-OH is 3. The summed E-state index contributed by atoms with van der Waals surface area (Å²) in [6.45, 7) is 1.73. The van der Waals surface area contributed by atoms with E-state index in [0.717, 1.165) is 25.9 Å². The van der Waals surface area contributed by atoms with E-state index in [9.17, 15) is 15.3 Å². The molecule has 6 nitrogen and oxygen atoms in total. The quantitative estimate of drug-likeness (QED) is 0.461. The van der Waals surface area contributed by atoms with Crippen LogP contribution in [0, 0.1) is 0 Å². The van der Waals surface area contributed by atoms with Gasteiger partial charge in [-0.3, -0.25) is 4.90 Å². The Bertz CT molecular complexity index is 248. The van der Waals surface area contributed by atoms with Crippen molar-refractivity contribution < 1.29 is 20.1 Å². The molecule has 2 saturated heterocycles. The van der Waals surface area contributed by atoms with Gasteiger partial charge in [-0.2, -0.15) is 0 Å². The molecule has 5 N–H and O–H groups in total. The van der Waals surface area contributed by atoms with Gasteiger partial charge in [0.25, 0.3) is 0 Å². The molecule has 5 atom stereocenters. The number of likely N-dealkylation sites (tertiary alicyclic amines) is 1. The molecule has 100 valence electrons. The summed E-state index contributed by atoms with van der Waals surface area (Å²) in [5.41, 5.74) is 5.42. The summed E-state index contributed by atoms with van der Waals surface area (Å²) in [4.78, 5) is 1.99. The Balaban J connectivity index is 2.05. The van der Waals surface area contributed by atoms with Crippen molar-refractivity contribution in [2.45, 2.75) is 49.9 Å². The van der Waals surface area contributed by atoms with E-state index >= 15 is 0 Å². The minimum absolute atomic E-state index is 0.0853. The molecule has 0 aliphatic carbocycles. The van der Waals surface area contributed by atoms with Crippen molar-refractivity contribution in [2.24, 2.45) is 5.73 Å². The van der Waals surface area contributed by atoms with Gasteiger partial charge >= 0.3 is 0 Å². The van der Waals surface area contributed by atoms with Gasteiger partial charge in [0.2, 0.25) is 0 Å². The lowest BCUT2D eigenvalue weighted by atomic mass is 9.94. The minimum Gasteiger partial charge on any atom is -0.388 e. The van der Waals surface area contributed by atoms with Gasteiger partial charge in [-0.05, 0) is 25.9 Å². The fourth-order valence-electron chi connectivity index (χ4n) is 2.74. The molecule has 0 aromatic carbocycles. The summed E-state index contributed by atoms with van der Waals surface area (Å²) in [6, 6.07) is -0.548. The van der Waals surface area contributed by atoms with Gasteiger partial charge in [0.05, 0.1) is 6.04 Å². The molecule has 0 radical (unpaired) electrons. The van der Waals surface area contributed by atoms with Crippen LogP contribution in [-0.2, 0) is 4.74 Å². The van der Waals surface area contributed by atoms with Crippen LogP contribution in [0.3, 0.4) is 0 Å². The van der Waals surface area contributed by atoms with E-state index in [1.165, 1.54) is 6.42 Å². The van der Waals surface area contributed by atoms with Crippen LogP contribution in [0.15, 0.2) is 0 Å². The van der Waals surface area contributed by atoms with Crippen LogP contribution in [0.25, 0.3) is 0 Å². The molecule has 6 heteroatoms. The number of hydrogen-bond acceptors (Lipinski definition) is 6. The highest BCUT2D eigenvalue weighted by atomic mass is 16.6. The van der Waals surface area contributed by atoms with E-state index in [2.05, 4.69) is 0 Å². The van der Waals surface area contributed by atoms with Crippen molar-refractivity contribution in [3.63, 3.8) is 0 Å². The summed E-state index contributed by atoms with van der Waals surface area (Å²) < 4.78 is 5.26. The zero-order chi connectivity index (χ0) is 12.4. The average molecular weight is 246 g/mol. The highest BCUT2D eigenvalue weighted by Gasteiger charge is 2.45. The van der Waals surface area contributed by atoms with E-state index in [4.69, 9.17) is 10.5 Å². The lowest BCUT2D eigenvalue weighted by molar-refractivity contribution is -0.265. The molecule has 2 rings (SSSR count). The lowest BCUT2D eigenvalue weighted by Crippen LogP contribution is -2.65. The Morgan fingerprint density at radius 3 is 2.29 bits per heavy atom. The zero-order valence-corrected chi connectivity index (χ0v) is 9.90. The summed E-state index contributed by atoms with van der Waals surface area (Å²) in [5, 5.41) is 29.9. The number of hydrogen-bond donors (Lipinski definition) is 4. The second-order valence-corrected chi connectivity index (χ2v) is 4.87. The summed E-state index contributed by atoms with van der Waals surface area (Å²) >= 11 is 0. The Kier molecular flexibility index (Phi) is 4.35. The topological polar surface area (TPSA) is 99.2 Å². The molecule has 0 amide bonds. The highest BCUT2D eigenvalue weighted by molar-refractivity contribution is 4.95. The van der Waals surface area contributed by atoms with E-state index in [1.54, 1.807) is 0 Å². The van der Waals surface area contributed by atoms with Gasteiger partial charge < -0.3 is 25.8 Å². The maximum atomic E-state index is 10.1. The summed E-state index contributed by atoms with van der Waals surface area (Å²) in [7, 11) is 0. The molecule has 0 saturated carbocycles. The van der Waals surface area contributed by atoms with Crippen LogP contribution in [-0.4, -0.2) is 70.5 Å². The molecule has 2 heterocycles. The van der Waals surface area contributed by atoms with Crippen LogP contribution in [0.5, 0.6) is 0 Å². The Hall–Kier alpha value is -0.240. The first-order chi connectivity index (χ1) is 8.15. The third-order valence-corrected chi connectivity index (χ3v) is 3.73. The van der Waals surface area contributed by atoms with Crippen LogP contribution < -0.4 is 5.73 Å². The Morgan fingerprint density at radius 2 is 1.71 bits per heavy atom. The van der Waals surface area contributed by atoms with Crippen LogP contribution in [0.2, 0.25) is 0 Å². The first kappa shape index (κ1) is 13.2. The first-order valence-corrected chi connectivity index (χ1v) is 6.29. The van der Waals surface area contributed by atoms with Crippen molar-refractivity contribution >= 4 is 0 Å². The SMILES string of the molecule is NC[C@H]1OC(O)[C@H](N2CCCCC2)[C@@H](O)[C@H]1O. The second kappa shape index (κ2) is 5.60. The first-order valence-electron chi connectivity index (χ1n) is 6.29. The lowest BCUT2D eigenvalue weighted by Gasteiger charge is -2.46. The van der Waals surface area contributed by atoms with E-state index in [1.807, 2.05) is 4.90 Å². The predicted octanol–water partition coefficient (Wildman–Crippen LogP) is -1.76. The molecule has 0 aromatic heterocycles. The molecular formula is C11H22N2O4. The van der Waals surface area contributed by atoms with Crippen LogP contribution in [0.4, 0.5) is 0 Å². The van der Waals surface area contributed by atoms with Gasteiger partial charge in [-0.15, -0.1) is 0 Å². The van der Waals surface area contributed by atoms with Crippen LogP contribution in [0.1, 0.15) is 19.3 Å². The van der Waals surface area contributed by atoms with Gasteiger partial charge in [-0.1, -0.05) is 6.42 Å². The van der Waals surface area contributed by atoms with Crippen molar-refractivity contribution in [1.82, 2.24) is 4.90 Å². The number of ether oxygens (including phenoxy) is 1. The molecule has 2 aliphatic rings. The fourth-order valence-corrected chi connectivity index (χ4v) is 2.74. The van der Waals surface area contributed by atoms with E-state index < -0.39 is 30.6 Å². The predicted molar refractivity (Wildman–Crippen MR) is 61.2 cm³/mol. The zero-order valence-electron chi connectivity index (χ0n) is 9.90. The second-order valence-electron chi connectivity index (χ2n) is 4.87. The van der Waals surface area contributed by atoms with Gasteiger partial charge in [0.1, 0.15) is 18.3 Å². The fraction of sp³-hybridized carbons (Fsp3) is 1.00. The largest absolute Gasteiger partial charge is 0.388 e. The molecular weight excluding hydrogens is 224 g/mol. The van der Waals surface area contributed by atoms with Gasteiger partial charge in [0.15, 0.2) is 6.29 Å². The molecule has 0 aromatic rings. The van der Waals surface area contributed by atoms with Gasteiger partial charge in [0, 0.05) is 6.54 Å². The van der Waals surface area contributed by atoms with Crippen LogP contribution >= 0.6 is 0 Å². The molecule has 1 unspecified atom stereocenters. The van der Waals surface area contributed by atoms with Crippen molar-refractivity contribution in [2.75, 3.05) is 19.6 Å². The molecule has 2 fully saturated rings. The Morgan fingerprint density at radius 1 is 1.06 bits per heavy atom. The number of rotatable bonds is 2. The number of piperidine rings is 1. The minimum atomic E-state index is -1.08. The monoisotopic (exact) mass is 246 g/mol. The molecule has 17 heavy (non-hydrogen) atoms. The number of nitrogens with two attached hydrogens (primary N) is 1. The summed E-state index contributed by atoms with van der Waals surface area (Å²) in [6.07, 6.45) is -0.551. The van der Waals surface area contributed by atoms with Crippen molar-refractivity contribution in [3.8, 4) is 0 Å². The van der Waals surface area contributed by atoms with E-state index in [0.29, 0.717) is 0 Å². The van der Waals surface area contributed by atoms with Gasteiger partial charge in [-0.25, -0.2) is 0 Å². The van der Waals surface area contributed by atoms with Crippen molar-refractivity contribution in [3.05, 3.63) is 0 Å².